The average molecular weight is 314 g/mol. The maximum absolute atomic E-state index is 12.7. The number of benzene rings is 1. The summed E-state index contributed by atoms with van der Waals surface area (Å²) in [5, 5.41) is 27.3. The van der Waals surface area contributed by atoms with Crippen LogP contribution in [0.1, 0.15) is 23.7 Å². The molecule has 0 aliphatic rings. The molecule has 116 valence electrons. The summed E-state index contributed by atoms with van der Waals surface area (Å²) in [5.74, 6) is 0. The smallest absolute Gasteiger partial charge is 0.273 e. The third-order valence-electron chi connectivity index (χ3n) is 3.70. The number of para-hydroxylation sites is 1. The molecule has 2 rings (SSSR count). The molecule has 1 heterocycles. The van der Waals surface area contributed by atoms with Crippen molar-refractivity contribution in [1.29, 1.82) is 15.8 Å². The SMILES string of the molecule is CC(Cc1cc(C)c(C#N)c(=O)n1-c1ccccc1)=C(C#N)C#N. The van der Waals surface area contributed by atoms with Gasteiger partial charge in [-0.3, -0.25) is 9.36 Å². The van der Waals surface area contributed by atoms with Gasteiger partial charge in [0.05, 0.1) is 0 Å². The van der Waals surface area contributed by atoms with Gasteiger partial charge in [-0.2, -0.15) is 15.8 Å². The van der Waals surface area contributed by atoms with Gasteiger partial charge in [-0.1, -0.05) is 18.2 Å². The number of rotatable bonds is 3. The lowest BCUT2D eigenvalue weighted by atomic mass is 10.0. The summed E-state index contributed by atoms with van der Waals surface area (Å²) < 4.78 is 1.46. The Morgan fingerprint density at radius 1 is 1.12 bits per heavy atom. The number of allylic oxidation sites excluding steroid dienone is 2. The fourth-order valence-corrected chi connectivity index (χ4v) is 2.50. The zero-order valence-electron chi connectivity index (χ0n) is 13.4. The highest BCUT2D eigenvalue weighted by atomic mass is 16.1. The first-order chi connectivity index (χ1) is 11.5. The molecular weight excluding hydrogens is 300 g/mol. The van der Waals surface area contributed by atoms with Crippen molar-refractivity contribution < 1.29 is 0 Å². The number of hydrogen-bond donors (Lipinski definition) is 0. The molecule has 2 aromatic rings. The van der Waals surface area contributed by atoms with Crippen molar-refractivity contribution in [3.05, 3.63) is 74.7 Å². The summed E-state index contributed by atoms with van der Waals surface area (Å²) in [4.78, 5) is 12.7. The molecule has 0 saturated heterocycles. The molecule has 0 aliphatic carbocycles. The number of aryl methyl sites for hydroxylation is 1. The lowest BCUT2D eigenvalue weighted by Crippen LogP contribution is -2.25. The summed E-state index contributed by atoms with van der Waals surface area (Å²) in [7, 11) is 0. The highest BCUT2D eigenvalue weighted by molar-refractivity contribution is 5.45. The van der Waals surface area contributed by atoms with E-state index in [4.69, 9.17) is 10.5 Å². The van der Waals surface area contributed by atoms with Gasteiger partial charge in [0, 0.05) is 17.8 Å². The standard InChI is InChI=1S/C19H14N4O/c1-13(15(10-20)11-21)8-17-9-14(2)18(12-22)19(24)23(17)16-6-4-3-5-7-16/h3-7,9H,8H2,1-2H3. The molecule has 5 heteroatoms. The lowest BCUT2D eigenvalue weighted by Gasteiger charge is -2.15. The molecule has 0 aliphatic heterocycles. The molecular formula is C19H14N4O. The molecule has 0 saturated carbocycles. The van der Waals surface area contributed by atoms with E-state index < -0.39 is 5.56 Å². The topological polar surface area (TPSA) is 93.4 Å². The second-order valence-corrected chi connectivity index (χ2v) is 5.34. The van der Waals surface area contributed by atoms with Crippen LogP contribution in [0, 0.1) is 40.9 Å². The fraction of sp³-hybridized carbons (Fsp3) is 0.158. The molecule has 24 heavy (non-hydrogen) atoms. The molecule has 1 aromatic heterocycles. The van der Waals surface area contributed by atoms with Crippen molar-refractivity contribution in [2.75, 3.05) is 0 Å². The highest BCUT2D eigenvalue weighted by Gasteiger charge is 2.15. The van der Waals surface area contributed by atoms with Crippen LogP contribution in [-0.2, 0) is 6.42 Å². The van der Waals surface area contributed by atoms with Crippen LogP contribution in [0.5, 0.6) is 0 Å². The Balaban J connectivity index is 2.76. The van der Waals surface area contributed by atoms with Gasteiger partial charge in [0.2, 0.25) is 0 Å². The second kappa shape index (κ2) is 7.09. The van der Waals surface area contributed by atoms with Gasteiger partial charge in [0.15, 0.2) is 0 Å². The molecule has 0 bridgehead atoms. The van der Waals surface area contributed by atoms with E-state index in [-0.39, 0.29) is 17.6 Å². The second-order valence-electron chi connectivity index (χ2n) is 5.34. The Hall–Kier alpha value is -3.62. The number of hydrogen-bond acceptors (Lipinski definition) is 4. The third-order valence-corrected chi connectivity index (χ3v) is 3.70. The van der Waals surface area contributed by atoms with Crippen molar-refractivity contribution in [2.45, 2.75) is 20.3 Å². The normalized spacial score (nSPS) is 9.46. The van der Waals surface area contributed by atoms with Gasteiger partial charge in [-0.25, -0.2) is 0 Å². The Bertz CT molecular complexity index is 977. The molecule has 0 fully saturated rings. The zero-order valence-corrected chi connectivity index (χ0v) is 13.4. The first kappa shape index (κ1) is 16.7. The Morgan fingerprint density at radius 2 is 1.75 bits per heavy atom. The van der Waals surface area contributed by atoms with Crippen LogP contribution in [0.2, 0.25) is 0 Å². The van der Waals surface area contributed by atoms with Gasteiger partial charge in [0.25, 0.3) is 5.56 Å². The van der Waals surface area contributed by atoms with Crippen molar-refractivity contribution in [2.24, 2.45) is 0 Å². The average Bonchev–Trinajstić information content (AvgIpc) is 2.57. The van der Waals surface area contributed by atoms with Crippen molar-refractivity contribution in [3.63, 3.8) is 0 Å². The number of pyridine rings is 1. The molecule has 0 unspecified atom stereocenters. The van der Waals surface area contributed by atoms with E-state index in [1.54, 1.807) is 44.2 Å². The minimum absolute atomic E-state index is 0.0315. The minimum atomic E-state index is -0.401. The lowest BCUT2D eigenvalue weighted by molar-refractivity contribution is 0.872. The van der Waals surface area contributed by atoms with Gasteiger partial charge < -0.3 is 0 Å². The largest absolute Gasteiger partial charge is 0.280 e. The maximum Gasteiger partial charge on any atom is 0.273 e. The van der Waals surface area contributed by atoms with Crippen LogP contribution in [0.4, 0.5) is 0 Å². The number of nitrogens with zero attached hydrogens (tertiary/aromatic N) is 4. The molecule has 0 radical (unpaired) electrons. The zero-order chi connectivity index (χ0) is 17.7. The number of aromatic nitrogens is 1. The summed E-state index contributed by atoms with van der Waals surface area (Å²) in [6, 6.07) is 16.4. The highest BCUT2D eigenvalue weighted by Crippen LogP contribution is 2.17. The summed E-state index contributed by atoms with van der Waals surface area (Å²) >= 11 is 0. The quantitative estimate of drug-likeness (QED) is 0.814. The summed E-state index contributed by atoms with van der Waals surface area (Å²) in [5.41, 5.74) is 2.14. The van der Waals surface area contributed by atoms with Crippen LogP contribution in [0.3, 0.4) is 0 Å². The molecule has 0 N–H and O–H groups in total. The van der Waals surface area contributed by atoms with E-state index in [2.05, 4.69) is 0 Å². The minimum Gasteiger partial charge on any atom is -0.280 e. The van der Waals surface area contributed by atoms with Crippen LogP contribution in [0.25, 0.3) is 5.69 Å². The summed E-state index contributed by atoms with van der Waals surface area (Å²) in [6.45, 7) is 3.39. The molecule has 0 spiro atoms. The van der Waals surface area contributed by atoms with E-state index in [9.17, 15) is 10.1 Å². The summed E-state index contributed by atoms with van der Waals surface area (Å²) in [6.07, 6.45) is 0.271. The van der Waals surface area contributed by atoms with Crippen LogP contribution in [-0.4, -0.2) is 4.57 Å². The van der Waals surface area contributed by atoms with Crippen molar-refractivity contribution in [1.82, 2.24) is 4.57 Å². The van der Waals surface area contributed by atoms with E-state index in [1.807, 2.05) is 24.3 Å². The van der Waals surface area contributed by atoms with Crippen LogP contribution in [0.15, 0.2) is 52.3 Å². The van der Waals surface area contributed by atoms with E-state index in [0.717, 1.165) is 0 Å². The van der Waals surface area contributed by atoms with Crippen molar-refractivity contribution >= 4 is 0 Å². The maximum atomic E-state index is 12.7. The molecule has 0 amide bonds. The first-order valence-electron chi connectivity index (χ1n) is 7.24. The number of nitriles is 3. The predicted octanol–water partition coefficient (Wildman–Crippen LogP) is 2.92. The van der Waals surface area contributed by atoms with E-state index in [1.165, 1.54) is 4.57 Å². The monoisotopic (exact) mass is 314 g/mol. The molecule has 0 atom stereocenters. The fourth-order valence-electron chi connectivity index (χ4n) is 2.50. The van der Waals surface area contributed by atoms with Gasteiger partial charge in [-0.05, 0) is 43.2 Å². The van der Waals surface area contributed by atoms with Crippen molar-refractivity contribution in [3.8, 4) is 23.9 Å². The van der Waals surface area contributed by atoms with Crippen LogP contribution >= 0.6 is 0 Å². The van der Waals surface area contributed by atoms with Gasteiger partial charge >= 0.3 is 0 Å². The third kappa shape index (κ3) is 3.09. The molecule has 5 nitrogen and oxygen atoms in total. The van der Waals surface area contributed by atoms with Gasteiger partial charge in [-0.15, -0.1) is 0 Å². The first-order valence-corrected chi connectivity index (χ1v) is 7.24. The van der Waals surface area contributed by atoms with Crippen LogP contribution < -0.4 is 5.56 Å². The Labute approximate surface area is 139 Å². The Kier molecular flexibility index (Phi) is 4.95. The molecule has 1 aromatic carbocycles. The van der Waals surface area contributed by atoms with E-state index >= 15 is 0 Å². The predicted molar refractivity (Wildman–Crippen MR) is 89.1 cm³/mol. The Morgan fingerprint density at radius 3 is 2.29 bits per heavy atom. The van der Waals surface area contributed by atoms with Gasteiger partial charge in [0.1, 0.15) is 29.3 Å². The van der Waals surface area contributed by atoms with E-state index in [0.29, 0.717) is 22.5 Å².